The Morgan fingerprint density at radius 2 is 1.79 bits per heavy atom. The molecule has 0 fully saturated rings. The highest BCUT2D eigenvalue weighted by Gasteiger charge is 2.13. The van der Waals surface area contributed by atoms with Gasteiger partial charge in [-0.15, -0.1) is 11.3 Å². The van der Waals surface area contributed by atoms with Crippen molar-refractivity contribution < 1.29 is 0 Å². The average Bonchev–Trinajstić information content (AvgIpc) is 2.83. The summed E-state index contributed by atoms with van der Waals surface area (Å²) in [4.78, 5) is 1.32. The Morgan fingerprint density at radius 3 is 2.32 bits per heavy atom. The molecular formula is C15H27BrN2S. The zero-order chi connectivity index (χ0) is 13.9. The summed E-state index contributed by atoms with van der Waals surface area (Å²) in [5.41, 5.74) is 2.94. The second-order valence-electron chi connectivity index (χ2n) is 5.12. The van der Waals surface area contributed by atoms with E-state index >= 15 is 0 Å². The Labute approximate surface area is 130 Å². The number of thiophene rings is 1. The van der Waals surface area contributed by atoms with Gasteiger partial charge in [0.2, 0.25) is 0 Å². The van der Waals surface area contributed by atoms with E-state index in [4.69, 9.17) is 5.84 Å². The highest BCUT2D eigenvalue weighted by Crippen LogP contribution is 2.31. The van der Waals surface area contributed by atoms with Crippen molar-refractivity contribution in [2.24, 2.45) is 5.84 Å². The molecule has 1 rings (SSSR count). The summed E-state index contributed by atoms with van der Waals surface area (Å²) in [5, 5.41) is 2.11. The second kappa shape index (κ2) is 10.8. The molecule has 0 aliphatic rings. The zero-order valence-electron chi connectivity index (χ0n) is 12.0. The van der Waals surface area contributed by atoms with Crippen LogP contribution in [-0.2, 0) is 0 Å². The van der Waals surface area contributed by atoms with E-state index < -0.39 is 0 Å². The molecule has 110 valence electrons. The Hall–Kier alpha value is 0.100. The lowest BCUT2D eigenvalue weighted by Gasteiger charge is -2.14. The van der Waals surface area contributed by atoms with Gasteiger partial charge in [-0.05, 0) is 33.8 Å². The number of halogens is 1. The lowest BCUT2D eigenvalue weighted by molar-refractivity contribution is 0.479. The third-order valence-corrected chi connectivity index (χ3v) is 5.49. The first kappa shape index (κ1) is 17.2. The molecule has 0 aromatic carbocycles. The maximum atomic E-state index is 5.66. The van der Waals surface area contributed by atoms with Crippen molar-refractivity contribution in [3.8, 4) is 0 Å². The van der Waals surface area contributed by atoms with Gasteiger partial charge in [0.15, 0.2) is 0 Å². The highest BCUT2D eigenvalue weighted by atomic mass is 79.9. The molecule has 3 N–H and O–H groups in total. The van der Waals surface area contributed by atoms with Gasteiger partial charge >= 0.3 is 0 Å². The number of nitrogens with two attached hydrogens (primary N) is 1. The second-order valence-corrected chi connectivity index (χ2v) is 6.92. The van der Waals surface area contributed by atoms with Gasteiger partial charge < -0.3 is 0 Å². The third-order valence-electron chi connectivity index (χ3n) is 3.51. The van der Waals surface area contributed by atoms with Crippen molar-refractivity contribution in [2.75, 3.05) is 0 Å². The van der Waals surface area contributed by atoms with Crippen molar-refractivity contribution in [2.45, 2.75) is 70.8 Å². The van der Waals surface area contributed by atoms with Crippen LogP contribution in [0.15, 0.2) is 15.9 Å². The lowest BCUT2D eigenvalue weighted by atomic mass is 10.0. The van der Waals surface area contributed by atoms with Crippen molar-refractivity contribution >= 4 is 27.3 Å². The van der Waals surface area contributed by atoms with E-state index in [1.54, 1.807) is 11.3 Å². The SMILES string of the molecule is CCCCCCCCCCC(NN)c1sccc1Br. The molecule has 0 amide bonds. The van der Waals surface area contributed by atoms with Crippen molar-refractivity contribution in [1.82, 2.24) is 5.43 Å². The smallest absolute Gasteiger partial charge is 0.0564 e. The number of hydrazine groups is 1. The Kier molecular flexibility index (Phi) is 9.78. The first-order valence-corrected chi connectivity index (χ1v) is 9.15. The molecule has 1 aromatic rings. The molecule has 0 saturated carbocycles. The van der Waals surface area contributed by atoms with Gasteiger partial charge in [0.05, 0.1) is 6.04 Å². The van der Waals surface area contributed by atoms with Crippen molar-refractivity contribution in [3.63, 3.8) is 0 Å². The topological polar surface area (TPSA) is 38.0 Å². The van der Waals surface area contributed by atoms with Crippen LogP contribution in [0.25, 0.3) is 0 Å². The first-order valence-electron chi connectivity index (χ1n) is 7.48. The normalized spacial score (nSPS) is 12.8. The quantitative estimate of drug-likeness (QED) is 0.313. The maximum Gasteiger partial charge on any atom is 0.0564 e. The van der Waals surface area contributed by atoms with E-state index in [-0.39, 0.29) is 0 Å². The molecule has 1 atom stereocenters. The molecule has 4 heteroatoms. The van der Waals surface area contributed by atoms with Gasteiger partial charge in [0, 0.05) is 9.35 Å². The summed E-state index contributed by atoms with van der Waals surface area (Å²) in [6.07, 6.45) is 12.0. The minimum atomic E-state index is 0.300. The number of rotatable bonds is 11. The predicted octanol–water partition coefficient (Wildman–Crippen LogP) is 5.55. The average molecular weight is 347 g/mol. The Morgan fingerprint density at radius 1 is 1.16 bits per heavy atom. The molecule has 0 aliphatic carbocycles. The monoisotopic (exact) mass is 346 g/mol. The van der Waals surface area contributed by atoms with E-state index in [2.05, 4.69) is 39.7 Å². The van der Waals surface area contributed by atoms with Crippen LogP contribution < -0.4 is 11.3 Å². The van der Waals surface area contributed by atoms with Crippen molar-refractivity contribution in [3.05, 3.63) is 20.8 Å². The zero-order valence-corrected chi connectivity index (χ0v) is 14.4. The molecular weight excluding hydrogens is 320 g/mol. The summed E-state index contributed by atoms with van der Waals surface area (Å²) < 4.78 is 1.18. The van der Waals surface area contributed by atoms with Gasteiger partial charge in [-0.2, -0.15) is 0 Å². The minimum absolute atomic E-state index is 0.300. The van der Waals surface area contributed by atoms with Gasteiger partial charge in [0.25, 0.3) is 0 Å². The van der Waals surface area contributed by atoms with Crippen LogP contribution in [0.1, 0.15) is 75.6 Å². The van der Waals surface area contributed by atoms with E-state index in [1.165, 1.54) is 60.7 Å². The largest absolute Gasteiger partial charge is 0.271 e. The standard InChI is InChI=1S/C15H27BrN2S/c1-2-3-4-5-6-7-8-9-10-14(18-17)15-13(16)11-12-19-15/h11-12,14,18H,2-10,17H2,1H3. The Bertz CT molecular complexity index is 328. The van der Waals surface area contributed by atoms with Crippen molar-refractivity contribution in [1.29, 1.82) is 0 Å². The molecule has 1 unspecified atom stereocenters. The molecule has 2 nitrogen and oxygen atoms in total. The molecule has 1 heterocycles. The Balaban J connectivity index is 2.09. The molecule has 0 saturated heterocycles. The van der Waals surface area contributed by atoms with Crippen LogP contribution >= 0.6 is 27.3 Å². The fourth-order valence-corrected chi connectivity index (χ4v) is 4.07. The van der Waals surface area contributed by atoms with E-state index in [0.29, 0.717) is 6.04 Å². The molecule has 0 radical (unpaired) electrons. The van der Waals surface area contributed by atoms with Crippen LogP contribution in [0, 0.1) is 0 Å². The van der Waals surface area contributed by atoms with Crippen LogP contribution in [-0.4, -0.2) is 0 Å². The molecule has 19 heavy (non-hydrogen) atoms. The van der Waals surface area contributed by atoms with Gasteiger partial charge in [-0.1, -0.05) is 58.3 Å². The number of unbranched alkanes of at least 4 members (excludes halogenated alkanes) is 7. The number of hydrogen-bond acceptors (Lipinski definition) is 3. The van der Waals surface area contributed by atoms with E-state index in [0.717, 1.165) is 6.42 Å². The van der Waals surface area contributed by atoms with E-state index in [1.807, 2.05) is 0 Å². The van der Waals surface area contributed by atoms with Gasteiger partial charge in [-0.3, -0.25) is 11.3 Å². The van der Waals surface area contributed by atoms with Crippen LogP contribution in [0.2, 0.25) is 0 Å². The highest BCUT2D eigenvalue weighted by molar-refractivity contribution is 9.10. The summed E-state index contributed by atoms with van der Waals surface area (Å²) >= 11 is 5.35. The van der Waals surface area contributed by atoms with Gasteiger partial charge in [0.1, 0.15) is 0 Å². The molecule has 0 bridgehead atoms. The fourth-order valence-electron chi connectivity index (χ4n) is 2.33. The van der Waals surface area contributed by atoms with Gasteiger partial charge in [-0.25, -0.2) is 0 Å². The minimum Gasteiger partial charge on any atom is -0.271 e. The fraction of sp³-hybridized carbons (Fsp3) is 0.733. The molecule has 1 aromatic heterocycles. The number of hydrogen-bond donors (Lipinski definition) is 2. The molecule has 0 aliphatic heterocycles. The maximum absolute atomic E-state index is 5.66. The summed E-state index contributed by atoms with van der Waals surface area (Å²) in [7, 11) is 0. The third kappa shape index (κ3) is 6.89. The molecule has 0 spiro atoms. The van der Waals surface area contributed by atoms with E-state index in [9.17, 15) is 0 Å². The van der Waals surface area contributed by atoms with Crippen LogP contribution in [0.5, 0.6) is 0 Å². The lowest BCUT2D eigenvalue weighted by Crippen LogP contribution is -2.27. The van der Waals surface area contributed by atoms with Crippen LogP contribution in [0.4, 0.5) is 0 Å². The summed E-state index contributed by atoms with van der Waals surface area (Å²) in [6.45, 7) is 2.27. The number of nitrogens with one attached hydrogen (secondary N) is 1. The summed E-state index contributed by atoms with van der Waals surface area (Å²) in [5.74, 6) is 5.66. The summed E-state index contributed by atoms with van der Waals surface area (Å²) in [6, 6.07) is 2.40. The van der Waals surface area contributed by atoms with Crippen LogP contribution in [0.3, 0.4) is 0 Å². The predicted molar refractivity (Wildman–Crippen MR) is 89.3 cm³/mol. The first-order chi connectivity index (χ1) is 9.29.